The third-order valence-corrected chi connectivity index (χ3v) is 4.13. The second kappa shape index (κ2) is 7.84. The average molecular weight is 376 g/mol. The quantitative estimate of drug-likeness (QED) is 0.666. The molecule has 3 rings (SSSR count). The number of fused-ring (bicyclic) bond motifs is 1. The van der Waals surface area contributed by atoms with E-state index in [0.29, 0.717) is 17.7 Å². The van der Waals surface area contributed by atoms with Gasteiger partial charge in [-0.25, -0.2) is 0 Å². The summed E-state index contributed by atoms with van der Waals surface area (Å²) in [6.45, 7) is 0.793. The molecule has 0 bridgehead atoms. The molecule has 0 atom stereocenters. The molecule has 0 spiro atoms. The minimum atomic E-state index is -4.33. The van der Waals surface area contributed by atoms with Gasteiger partial charge in [-0.3, -0.25) is 4.79 Å². The summed E-state index contributed by atoms with van der Waals surface area (Å²) in [6.07, 6.45) is -4.33. The Labute approximate surface area is 154 Å². The Bertz CT molecular complexity index is 931. The van der Waals surface area contributed by atoms with E-state index in [1.165, 1.54) is 0 Å². The summed E-state index contributed by atoms with van der Waals surface area (Å²) < 4.78 is 40.8. The number of para-hydroxylation sites is 1. The molecular weight excluding hydrogens is 357 g/mol. The molecule has 0 saturated heterocycles. The number of hydrogen-bond donors (Lipinski definition) is 2. The molecule has 2 N–H and O–H groups in total. The van der Waals surface area contributed by atoms with Crippen molar-refractivity contribution < 1.29 is 22.7 Å². The highest BCUT2D eigenvalue weighted by Gasteiger charge is 2.27. The van der Waals surface area contributed by atoms with Crippen LogP contribution in [0.5, 0.6) is 0 Å². The molecular formula is C20H19F3N2O2. The zero-order valence-electron chi connectivity index (χ0n) is 14.7. The molecule has 0 aliphatic rings. The first kappa shape index (κ1) is 19.0. The van der Waals surface area contributed by atoms with Gasteiger partial charge in [-0.1, -0.05) is 42.5 Å². The molecule has 142 valence electrons. The molecule has 1 amide bonds. The molecule has 0 saturated carbocycles. The SMILES string of the molecule is Cc1[nH]c2ccccc2c1C(=O)NCc1ccc(COCC(F)(F)F)cc1. The number of carbonyl (C=O) groups excluding carboxylic acids is 1. The number of amides is 1. The average Bonchev–Trinajstić information content (AvgIpc) is 2.95. The van der Waals surface area contributed by atoms with Gasteiger partial charge in [0.05, 0.1) is 12.2 Å². The minimum absolute atomic E-state index is 0.110. The number of hydrogen-bond acceptors (Lipinski definition) is 2. The van der Waals surface area contributed by atoms with Gasteiger partial charge in [0.25, 0.3) is 5.91 Å². The van der Waals surface area contributed by atoms with Crippen molar-refractivity contribution in [2.45, 2.75) is 26.3 Å². The van der Waals surface area contributed by atoms with Crippen molar-refractivity contribution in [1.82, 2.24) is 10.3 Å². The summed E-state index contributed by atoms with van der Waals surface area (Å²) in [5.41, 5.74) is 3.80. The predicted molar refractivity (Wildman–Crippen MR) is 96.4 cm³/mol. The van der Waals surface area contributed by atoms with Gasteiger partial charge in [0.1, 0.15) is 6.61 Å². The summed E-state index contributed by atoms with van der Waals surface area (Å²) in [7, 11) is 0. The minimum Gasteiger partial charge on any atom is -0.367 e. The predicted octanol–water partition coefficient (Wildman–Crippen LogP) is 4.49. The van der Waals surface area contributed by atoms with Crippen LogP contribution in [0.25, 0.3) is 10.9 Å². The lowest BCUT2D eigenvalue weighted by molar-refractivity contribution is -0.176. The monoisotopic (exact) mass is 376 g/mol. The maximum atomic E-state index is 12.6. The van der Waals surface area contributed by atoms with Gasteiger partial charge in [-0.15, -0.1) is 0 Å². The van der Waals surface area contributed by atoms with Crippen LogP contribution in [-0.2, 0) is 17.9 Å². The van der Waals surface area contributed by atoms with E-state index < -0.39 is 12.8 Å². The molecule has 1 heterocycles. The number of H-pyrrole nitrogens is 1. The Balaban J connectivity index is 1.58. The molecule has 0 radical (unpaired) electrons. The lowest BCUT2D eigenvalue weighted by Gasteiger charge is -2.09. The smallest absolute Gasteiger partial charge is 0.367 e. The van der Waals surface area contributed by atoms with E-state index in [2.05, 4.69) is 15.0 Å². The lowest BCUT2D eigenvalue weighted by Crippen LogP contribution is -2.23. The van der Waals surface area contributed by atoms with Crippen molar-refractivity contribution in [3.05, 3.63) is 70.9 Å². The topological polar surface area (TPSA) is 54.1 Å². The first-order valence-corrected chi connectivity index (χ1v) is 8.41. The fraction of sp³-hybridized carbons (Fsp3) is 0.250. The second-order valence-corrected chi connectivity index (χ2v) is 6.28. The maximum absolute atomic E-state index is 12.6. The first-order chi connectivity index (χ1) is 12.8. The van der Waals surface area contributed by atoms with E-state index in [0.717, 1.165) is 22.2 Å². The first-order valence-electron chi connectivity index (χ1n) is 8.41. The molecule has 4 nitrogen and oxygen atoms in total. The van der Waals surface area contributed by atoms with Crippen molar-refractivity contribution >= 4 is 16.8 Å². The zero-order valence-corrected chi connectivity index (χ0v) is 14.7. The highest BCUT2D eigenvalue weighted by molar-refractivity contribution is 6.08. The molecule has 0 fully saturated rings. The Morgan fingerprint density at radius 1 is 1.07 bits per heavy atom. The van der Waals surface area contributed by atoms with Crippen LogP contribution in [-0.4, -0.2) is 23.7 Å². The van der Waals surface area contributed by atoms with Gasteiger partial charge in [-0.2, -0.15) is 13.2 Å². The Morgan fingerprint density at radius 3 is 2.44 bits per heavy atom. The van der Waals surface area contributed by atoms with Crippen molar-refractivity contribution in [1.29, 1.82) is 0 Å². The van der Waals surface area contributed by atoms with Gasteiger partial charge >= 0.3 is 6.18 Å². The molecule has 3 aromatic rings. The Kier molecular flexibility index (Phi) is 5.51. The molecule has 0 aliphatic heterocycles. The number of carbonyl (C=O) groups is 1. The summed E-state index contributed by atoms with van der Waals surface area (Å²) in [5, 5.41) is 3.74. The highest BCUT2D eigenvalue weighted by atomic mass is 19.4. The van der Waals surface area contributed by atoms with Crippen LogP contribution in [0.4, 0.5) is 13.2 Å². The number of aromatic amines is 1. The van der Waals surface area contributed by atoms with Crippen molar-refractivity contribution in [2.24, 2.45) is 0 Å². The van der Waals surface area contributed by atoms with Gasteiger partial charge in [-0.05, 0) is 24.1 Å². The molecule has 27 heavy (non-hydrogen) atoms. The molecule has 2 aromatic carbocycles. The van der Waals surface area contributed by atoms with Crippen molar-refractivity contribution in [3.8, 4) is 0 Å². The van der Waals surface area contributed by atoms with E-state index in [-0.39, 0.29) is 12.5 Å². The number of rotatable bonds is 6. The Morgan fingerprint density at radius 2 is 1.74 bits per heavy atom. The molecule has 0 unspecified atom stereocenters. The largest absolute Gasteiger partial charge is 0.411 e. The molecule has 0 aliphatic carbocycles. The van der Waals surface area contributed by atoms with Crippen molar-refractivity contribution in [2.75, 3.05) is 6.61 Å². The van der Waals surface area contributed by atoms with Gasteiger partial charge in [0.15, 0.2) is 0 Å². The van der Waals surface area contributed by atoms with Gasteiger partial charge in [0.2, 0.25) is 0 Å². The van der Waals surface area contributed by atoms with E-state index in [1.807, 2.05) is 31.2 Å². The van der Waals surface area contributed by atoms with Crippen LogP contribution in [0.1, 0.15) is 27.2 Å². The number of ether oxygens (including phenoxy) is 1. The summed E-state index contributed by atoms with van der Waals surface area (Å²) in [5.74, 6) is -0.178. The van der Waals surface area contributed by atoms with E-state index >= 15 is 0 Å². The number of halogens is 3. The van der Waals surface area contributed by atoms with Crippen LogP contribution < -0.4 is 5.32 Å². The van der Waals surface area contributed by atoms with Crippen LogP contribution in [0.15, 0.2) is 48.5 Å². The normalized spacial score (nSPS) is 11.7. The summed E-state index contributed by atoms with van der Waals surface area (Å²) in [4.78, 5) is 15.7. The maximum Gasteiger partial charge on any atom is 0.411 e. The standard InChI is InChI=1S/C20H19F3N2O2/c1-13-18(16-4-2-3-5-17(16)25-13)19(26)24-10-14-6-8-15(9-7-14)11-27-12-20(21,22)23/h2-9,25H,10-12H2,1H3,(H,24,26). The Hall–Kier alpha value is -2.80. The van der Waals surface area contributed by atoms with Crippen LogP contribution in [0.3, 0.4) is 0 Å². The summed E-state index contributed by atoms with van der Waals surface area (Å²) >= 11 is 0. The number of alkyl halides is 3. The van der Waals surface area contributed by atoms with Crippen LogP contribution >= 0.6 is 0 Å². The number of aromatic nitrogens is 1. The second-order valence-electron chi connectivity index (χ2n) is 6.28. The fourth-order valence-corrected chi connectivity index (χ4v) is 2.88. The van der Waals surface area contributed by atoms with Crippen LogP contribution in [0.2, 0.25) is 0 Å². The van der Waals surface area contributed by atoms with E-state index in [1.54, 1.807) is 24.3 Å². The van der Waals surface area contributed by atoms with E-state index in [9.17, 15) is 18.0 Å². The molecule has 1 aromatic heterocycles. The highest BCUT2D eigenvalue weighted by Crippen LogP contribution is 2.21. The van der Waals surface area contributed by atoms with Gasteiger partial charge in [0, 0.05) is 23.1 Å². The van der Waals surface area contributed by atoms with Crippen molar-refractivity contribution in [3.63, 3.8) is 0 Å². The van der Waals surface area contributed by atoms with Gasteiger partial charge < -0.3 is 15.0 Å². The number of aryl methyl sites for hydroxylation is 1. The number of benzene rings is 2. The van der Waals surface area contributed by atoms with E-state index in [4.69, 9.17) is 0 Å². The van der Waals surface area contributed by atoms with Crippen LogP contribution in [0, 0.1) is 6.92 Å². The fourth-order valence-electron chi connectivity index (χ4n) is 2.88. The molecule has 7 heteroatoms. The third kappa shape index (κ3) is 4.89. The third-order valence-electron chi connectivity index (χ3n) is 4.13. The lowest BCUT2D eigenvalue weighted by atomic mass is 10.1. The summed E-state index contributed by atoms with van der Waals surface area (Å²) in [6, 6.07) is 14.5. The zero-order chi connectivity index (χ0) is 19.4. The number of nitrogens with one attached hydrogen (secondary N) is 2.